The lowest BCUT2D eigenvalue weighted by Crippen LogP contribution is -2.11. The smallest absolute Gasteiger partial charge is 0.161 e. The minimum absolute atomic E-state index is 0.337. The van der Waals surface area contributed by atoms with Crippen molar-refractivity contribution < 1.29 is 0 Å². The Bertz CT molecular complexity index is 532. The molecule has 4 nitrogen and oxygen atoms in total. The quantitative estimate of drug-likeness (QED) is 0.641. The standard InChI is InChI=1S/C14H18N4/c1-9(2)12-8-13(18-15)17-14(16-12)11-6-4-10(3)5-7-11/h4-9H,15H2,1-3H3,(H,16,17,18). The molecule has 0 amide bonds. The van der Waals surface area contributed by atoms with E-state index in [9.17, 15) is 0 Å². The zero-order chi connectivity index (χ0) is 13.1. The van der Waals surface area contributed by atoms with Gasteiger partial charge in [0, 0.05) is 17.3 Å². The lowest BCUT2D eigenvalue weighted by molar-refractivity contribution is 0.817. The largest absolute Gasteiger partial charge is 0.308 e. The van der Waals surface area contributed by atoms with Gasteiger partial charge in [0.05, 0.1) is 0 Å². The number of nitrogens with zero attached hydrogens (tertiary/aromatic N) is 2. The van der Waals surface area contributed by atoms with Crippen molar-refractivity contribution in [3.63, 3.8) is 0 Å². The zero-order valence-corrected chi connectivity index (χ0v) is 10.9. The SMILES string of the molecule is Cc1ccc(-c2nc(NN)cc(C(C)C)n2)cc1. The summed E-state index contributed by atoms with van der Waals surface area (Å²) in [6.07, 6.45) is 0. The van der Waals surface area contributed by atoms with E-state index in [1.807, 2.05) is 18.2 Å². The van der Waals surface area contributed by atoms with Gasteiger partial charge >= 0.3 is 0 Å². The van der Waals surface area contributed by atoms with Gasteiger partial charge in [-0.2, -0.15) is 0 Å². The van der Waals surface area contributed by atoms with Crippen LogP contribution < -0.4 is 11.3 Å². The van der Waals surface area contributed by atoms with Crippen LogP contribution in [-0.4, -0.2) is 9.97 Å². The number of nitrogens with two attached hydrogens (primary N) is 1. The van der Waals surface area contributed by atoms with Crippen LogP contribution in [0.1, 0.15) is 31.0 Å². The van der Waals surface area contributed by atoms with E-state index in [2.05, 4.69) is 48.3 Å². The van der Waals surface area contributed by atoms with E-state index in [0.717, 1.165) is 11.3 Å². The van der Waals surface area contributed by atoms with Crippen LogP contribution in [0.2, 0.25) is 0 Å². The van der Waals surface area contributed by atoms with Crippen molar-refractivity contribution in [2.24, 2.45) is 5.84 Å². The summed E-state index contributed by atoms with van der Waals surface area (Å²) >= 11 is 0. The summed E-state index contributed by atoms with van der Waals surface area (Å²) in [6.45, 7) is 6.26. The summed E-state index contributed by atoms with van der Waals surface area (Å²) in [7, 11) is 0. The number of hydrogen-bond acceptors (Lipinski definition) is 4. The fourth-order valence-corrected chi connectivity index (χ4v) is 1.67. The first kappa shape index (κ1) is 12.5. The number of nitrogen functional groups attached to an aromatic ring is 1. The van der Waals surface area contributed by atoms with E-state index in [0.29, 0.717) is 17.6 Å². The summed E-state index contributed by atoms with van der Waals surface area (Å²) in [6, 6.07) is 10.0. The number of aryl methyl sites for hydroxylation is 1. The molecule has 94 valence electrons. The molecule has 1 aromatic carbocycles. The Morgan fingerprint density at radius 2 is 1.78 bits per heavy atom. The van der Waals surface area contributed by atoms with Crippen LogP contribution in [-0.2, 0) is 0 Å². The Morgan fingerprint density at radius 3 is 2.33 bits per heavy atom. The third-order valence-corrected chi connectivity index (χ3v) is 2.80. The Morgan fingerprint density at radius 1 is 1.11 bits per heavy atom. The van der Waals surface area contributed by atoms with Gasteiger partial charge < -0.3 is 5.43 Å². The van der Waals surface area contributed by atoms with Gasteiger partial charge in [-0.1, -0.05) is 43.7 Å². The van der Waals surface area contributed by atoms with Crippen LogP contribution in [0.25, 0.3) is 11.4 Å². The van der Waals surface area contributed by atoms with Crippen LogP contribution in [0.3, 0.4) is 0 Å². The highest BCUT2D eigenvalue weighted by atomic mass is 15.3. The van der Waals surface area contributed by atoms with E-state index in [4.69, 9.17) is 5.84 Å². The van der Waals surface area contributed by atoms with E-state index >= 15 is 0 Å². The van der Waals surface area contributed by atoms with E-state index in [1.165, 1.54) is 5.56 Å². The molecule has 0 bridgehead atoms. The van der Waals surface area contributed by atoms with Crippen molar-refractivity contribution in [3.05, 3.63) is 41.6 Å². The minimum atomic E-state index is 0.337. The highest BCUT2D eigenvalue weighted by molar-refractivity contribution is 5.58. The van der Waals surface area contributed by atoms with Crippen molar-refractivity contribution in [3.8, 4) is 11.4 Å². The molecule has 0 aliphatic rings. The lowest BCUT2D eigenvalue weighted by atomic mass is 10.1. The fraction of sp³-hybridized carbons (Fsp3) is 0.286. The number of benzene rings is 1. The first-order valence-electron chi connectivity index (χ1n) is 6.03. The number of hydrogen-bond donors (Lipinski definition) is 2. The molecule has 1 heterocycles. The molecule has 0 spiro atoms. The summed E-state index contributed by atoms with van der Waals surface area (Å²) in [5.74, 6) is 7.13. The molecular formula is C14H18N4. The monoisotopic (exact) mass is 242 g/mol. The highest BCUT2D eigenvalue weighted by Gasteiger charge is 2.08. The molecule has 3 N–H and O–H groups in total. The Labute approximate surface area is 107 Å². The molecule has 4 heteroatoms. The maximum atomic E-state index is 5.45. The Balaban J connectivity index is 2.49. The van der Waals surface area contributed by atoms with Gasteiger partial charge in [0.25, 0.3) is 0 Å². The van der Waals surface area contributed by atoms with Gasteiger partial charge in [-0.3, -0.25) is 0 Å². The lowest BCUT2D eigenvalue weighted by Gasteiger charge is -2.10. The van der Waals surface area contributed by atoms with Crippen molar-refractivity contribution in [2.75, 3.05) is 5.43 Å². The number of rotatable bonds is 3. The van der Waals surface area contributed by atoms with Crippen molar-refractivity contribution in [2.45, 2.75) is 26.7 Å². The summed E-state index contributed by atoms with van der Waals surface area (Å²) in [4.78, 5) is 8.96. The van der Waals surface area contributed by atoms with Crippen LogP contribution in [0.15, 0.2) is 30.3 Å². The van der Waals surface area contributed by atoms with Gasteiger partial charge in [0.15, 0.2) is 5.82 Å². The summed E-state index contributed by atoms with van der Waals surface area (Å²) in [5.41, 5.74) is 5.79. The van der Waals surface area contributed by atoms with Gasteiger partial charge in [-0.15, -0.1) is 0 Å². The molecule has 0 radical (unpaired) electrons. The molecule has 0 aliphatic heterocycles. The van der Waals surface area contributed by atoms with Gasteiger partial charge in [-0.25, -0.2) is 15.8 Å². The normalized spacial score (nSPS) is 10.7. The molecule has 0 atom stereocenters. The molecule has 0 fully saturated rings. The minimum Gasteiger partial charge on any atom is -0.308 e. The van der Waals surface area contributed by atoms with Gasteiger partial charge in [0.1, 0.15) is 5.82 Å². The molecule has 0 saturated heterocycles. The number of nitrogens with one attached hydrogen (secondary N) is 1. The first-order valence-corrected chi connectivity index (χ1v) is 6.03. The van der Waals surface area contributed by atoms with Gasteiger partial charge in [0.2, 0.25) is 0 Å². The molecule has 1 aromatic heterocycles. The van der Waals surface area contributed by atoms with Crippen LogP contribution >= 0.6 is 0 Å². The average Bonchev–Trinajstić information content (AvgIpc) is 2.39. The number of anilines is 1. The third kappa shape index (κ3) is 2.65. The van der Waals surface area contributed by atoms with Crippen LogP contribution in [0.5, 0.6) is 0 Å². The zero-order valence-electron chi connectivity index (χ0n) is 10.9. The van der Waals surface area contributed by atoms with Crippen molar-refractivity contribution in [1.82, 2.24) is 9.97 Å². The third-order valence-electron chi connectivity index (χ3n) is 2.80. The van der Waals surface area contributed by atoms with Gasteiger partial charge in [-0.05, 0) is 12.8 Å². The summed E-state index contributed by atoms with van der Waals surface area (Å²) in [5, 5.41) is 0. The second kappa shape index (κ2) is 5.14. The molecule has 0 unspecified atom stereocenters. The molecule has 0 saturated carbocycles. The summed E-state index contributed by atoms with van der Waals surface area (Å²) < 4.78 is 0. The second-order valence-electron chi connectivity index (χ2n) is 4.67. The molecular weight excluding hydrogens is 224 g/mol. The van der Waals surface area contributed by atoms with Crippen molar-refractivity contribution >= 4 is 5.82 Å². The second-order valence-corrected chi connectivity index (χ2v) is 4.67. The number of hydrazine groups is 1. The first-order chi connectivity index (χ1) is 8.60. The highest BCUT2D eigenvalue weighted by Crippen LogP contribution is 2.21. The van der Waals surface area contributed by atoms with Crippen LogP contribution in [0, 0.1) is 6.92 Å². The molecule has 2 aromatic rings. The molecule has 18 heavy (non-hydrogen) atoms. The van der Waals surface area contributed by atoms with Crippen LogP contribution in [0.4, 0.5) is 5.82 Å². The Hall–Kier alpha value is -1.94. The van der Waals surface area contributed by atoms with E-state index in [1.54, 1.807) is 0 Å². The van der Waals surface area contributed by atoms with E-state index in [-0.39, 0.29) is 0 Å². The topological polar surface area (TPSA) is 63.8 Å². The predicted octanol–water partition coefficient (Wildman–Crippen LogP) is 2.86. The fourth-order valence-electron chi connectivity index (χ4n) is 1.67. The van der Waals surface area contributed by atoms with Crippen molar-refractivity contribution in [1.29, 1.82) is 0 Å². The molecule has 2 rings (SSSR count). The Kier molecular flexibility index (Phi) is 3.58. The molecule has 0 aliphatic carbocycles. The average molecular weight is 242 g/mol. The van der Waals surface area contributed by atoms with E-state index < -0.39 is 0 Å². The maximum Gasteiger partial charge on any atom is 0.161 e. The predicted molar refractivity (Wildman–Crippen MR) is 74.1 cm³/mol. The number of aromatic nitrogens is 2. The maximum absolute atomic E-state index is 5.45.